The van der Waals surface area contributed by atoms with Crippen LogP contribution in [0.2, 0.25) is 0 Å². The number of nitrogens with one attached hydrogen (secondary N) is 1. The zero-order valence-corrected chi connectivity index (χ0v) is 12.5. The Labute approximate surface area is 126 Å². The second kappa shape index (κ2) is 6.61. The molecule has 2 aliphatic carbocycles. The lowest BCUT2D eigenvalue weighted by Gasteiger charge is -2.21. The number of hydrogen-bond acceptors (Lipinski definition) is 2. The summed E-state index contributed by atoms with van der Waals surface area (Å²) in [5.74, 6) is 2.38. The van der Waals surface area contributed by atoms with Gasteiger partial charge in [0, 0.05) is 19.4 Å². The smallest absolute Gasteiger partial charge is 0.220 e. The zero-order chi connectivity index (χ0) is 14.7. The maximum Gasteiger partial charge on any atom is 0.220 e. The molecule has 3 heteroatoms. The SMILES string of the molecule is O=C(CC1CC2CCC1C2)NCC(O)Cc1ccccc1. The highest BCUT2D eigenvalue weighted by Gasteiger charge is 2.40. The van der Waals surface area contributed by atoms with E-state index in [2.05, 4.69) is 5.32 Å². The third-order valence-corrected chi connectivity index (χ3v) is 5.18. The van der Waals surface area contributed by atoms with Gasteiger partial charge in [0.25, 0.3) is 0 Å². The molecule has 0 heterocycles. The fourth-order valence-corrected chi connectivity index (χ4v) is 4.13. The van der Waals surface area contributed by atoms with Gasteiger partial charge in [-0.2, -0.15) is 0 Å². The fraction of sp³-hybridized carbons (Fsp3) is 0.611. The third-order valence-electron chi connectivity index (χ3n) is 5.18. The average Bonchev–Trinajstić information content (AvgIpc) is 3.09. The topological polar surface area (TPSA) is 49.3 Å². The summed E-state index contributed by atoms with van der Waals surface area (Å²) in [5.41, 5.74) is 1.10. The Hall–Kier alpha value is -1.35. The Balaban J connectivity index is 1.37. The van der Waals surface area contributed by atoms with Crippen molar-refractivity contribution in [1.82, 2.24) is 5.32 Å². The van der Waals surface area contributed by atoms with Gasteiger partial charge in [-0.25, -0.2) is 0 Å². The predicted molar refractivity (Wildman–Crippen MR) is 82.7 cm³/mol. The van der Waals surface area contributed by atoms with Crippen LogP contribution in [-0.4, -0.2) is 23.7 Å². The summed E-state index contributed by atoms with van der Waals surface area (Å²) in [4.78, 5) is 12.0. The molecule has 1 aromatic rings. The fourth-order valence-electron chi connectivity index (χ4n) is 4.13. The van der Waals surface area contributed by atoms with E-state index in [1.165, 1.54) is 25.7 Å². The molecule has 2 fully saturated rings. The van der Waals surface area contributed by atoms with Gasteiger partial charge >= 0.3 is 0 Å². The van der Waals surface area contributed by atoms with Gasteiger partial charge in [-0.05, 0) is 42.6 Å². The van der Waals surface area contributed by atoms with Crippen LogP contribution in [0.5, 0.6) is 0 Å². The Kier molecular flexibility index (Phi) is 4.59. The van der Waals surface area contributed by atoms with E-state index >= 15 is 0 Å². The number of benzene rings is 1. The van der Waals surface area contributed by atoms with Gasteiger partial charge in [0.1, 0.15) is 0 Å². The van der Waals surface area contributed by atoms with E-state index < -0.39 is 6.10 Å². The molecular weight excluding hydrogens is 262 g/mol. The minimum Gasteiger partial charge on any atom is -0.391 e. The maximum atomic E-state index is 12.0. The van der Waals surface area contributed by atoms with E-state index in [4.69, 9.17) is 0 Å². The van der Waals surface area contributed by atoms with E-state index in [0.29, 0.717) is 25.3 Å². The molecule has 0 aliphatic heterocycles. The van der Waals surface area contributed by atoms with Gasteiger partial charge in [0.2, 0.25) is 5.91 Å². The Morgan fingerprint density at radius 1 is 1.24 bits per heavy atom. The van der Waals surface area contributed by atoms with Crippen LogP contribution < -0.4 is 5.32 Å². The number of aliphatic hydroxyl groups is 1. The Morgan fingerprint density at radius 2 is 2.05 bits per heavy atom. The second-order valence-electron chi connectivity index (χ2n) is 6.79. The van der Waals surface area contributed by atoms with Crippen molar-refractivity contribution in [3.05, 3.63) is 35.9 Å². The summed E-state index contributed by atoms with van der Waals surface area (Å²) >= 11 is 0. The number of carbonyl (C=O) groups is 1. The first-order valence-corrected chi connectivity index (χ1v) is 8.19. The normalized spacial score (nSPS) is 28.5. The van der Waals surface area contributed by atoms with E-state index in [-0.39, 0.29) is 5.91 Å². The van der Waals surface area contributed by atoms with E-state index in [1.54, 1.807) is 0 Å². The molecule has 21 heavy (non-hydrogen) atoms. The first-order chi connectivity index (χ1) is 10.2. The standard InChI is InChI=1S/C18H25NO2/c20-17(10-13-4-2-1-3-5-13)12-19-18(21)11-16-9-14-6-7-15(16)8-14/h1-5,14-17,20H,6-12H2,(H,19,21). The highest BCUT2D eigenvalue weighted by molar-refractivity contribution is 5.76. The van der Waals surface area contributed by atoms with Crippen molar-refractivity contribution in [2.24, 2.45) is 17.8 Å². The van der Waals surface area contributed by atoms with Crippen molar-refractivity contribution in [3.63, 3.8) is 0 Å². The van der Waals surface area contributed by atoms with Gasteiger partial charge in [0.05, 0.1) is 6.10 Å². The average molecular weight is 287 g/mol. The molecule has 4 unspecified atom stereocenters. The van der Waals surface area contributed by atoms with Crippen LogP contribution in [0.3, 0.4) is 0 Å². The summed E-state index contributed by atoms with van der Waals surface area (Å²) in [6.45, 7) is 0.356. The van der Waals surface area contributed by atoms with Crippen LogP contribution in [0.25, 0.3) is 0 Å². The molecule has 2 N–H and O–H groups in total. The van der Waals surface area contributed by atoms with Crippen LogP contribution in [0.15, 0.2) is 30.3 Å². The molecule has 0 aromatic heterocycles. The number of aliphatic hydroxyl groups excluding tert-OH is 1. The zero-order valence-electron chi connectivity index (χ0n) is 12.5. The maximum absolute atomic E-state index is 12.0. The summed E-state index contributed by atoms with van der Waals surface area (Å²) in [6, 6.07) is 9.90. The molecule has 0 radical (unpaired) electrons. The van der Waals surface area contributed by atoms with Crippen LogP contribution in [0.1, 0.15) is 37.7 Å². The highest BCUT2D eigenvalue weighted by atomic mass is 16.3. The van der Waals surface area contributed by atoms with E-state index in [1.807, 2.05) is 30.3 Å². The van der Waals surface area contributed by atoms with Crippen molar-refractivity contribution in [3.8, 4) is 0 Å². The number of hydrogen-bond donors (Lipinski definition) is 2. The first kappa shape index (κ1) is 14.6. The van der Waals surface area contributed by atoms with Crippen LogP contribution in [0.4, 0.5) is 0 Å². The van der Waals surface area contributed by atoms with E-state index in [9.17, 15) is 9.90 Å². The minimum atomic E-state index is -0.503. The molecule has 114 valence electrons. The molecule has 0 saturated heterocycles. The van der Waals surface area contributed by atoms with Gasteiger partial charge in [-0.3, -0.25) is 4.79 Å². The number of amides is 1. The van der Waals surface area contributed by atoms with Gasteiger partial charge < -0.3 is 10.4 Å². The molecule has 1 amide bonds. The molecule has 1 aromatic carbocycles. The third kappa shape index (κ3) is 3.85. The number of rotatable bonds is 6. The Morgan fingerprint density at radius 3 is 2.71 bits per heavy atom. The quantitative estimate of drug-likeness (QED) is 0.844. The molecule has 2 aliphatic rings. The largest absolute Gasteiger partial charge is 0.391 e. The summed E-state index contributed by atoms with van der Waals surface area (Å²) in [7, 11) is 0. The van der Waals surface area contributed by atoms with Crippen molar-refractivity contribution < 1.29 is 9.90 Å². The van der Waals surface area contributed by atoms with Gasteiger partial charge in [0.15, 0.2) is 0 Å². The van der Waals surface area contributed by atoms with Crippen LogP contribution >= 0.6 is 0 Å². The van der Waals surface area contributed by atoms with Crippen LogP contribution in [0, 0.1) is 17.8 Å². The highest BCUT2D eigenvalue weighted by Crippen LogP contribution is 2.49. The summed E-state index contributed by atoms with van der Waals surface area (Å²) < 4.78 is 0. The van der Waals surface area contributed by atoms with Gasteiger partial charge in [-0.1, -0.05) is 36.8 Å². The number of carbonyl (C=O) groups excluding carboxylic acids is 1. The molecular formula is C18H25NO2. The van der Waals surface area contributed by atoms with E-state index in [0.717, 1.165) is 17.4 Å². The second-order valence-corrected chi connectivity index (χ2v) is 6.79. The molecule has 3 rings (SSSR count). The lowest BCUT2D eigenvalue weighted by atomic mass is 9.86. The Bertz CT molecular complexity index is 473. The monoisotopic (exact) mass is 287 g/mol. The van der Waals surface area contributed by atoms with Crippen molar-refractivity contribution >= 4 is 5.91 Å². The minimum absolute atomic E-state index is 0.111. The summed E-state index contributed by atoms with van der Waals surface area (Å²) in [6.07, 6.45) is 6.02. The number of fused-ring (bicyclic) bond motifs is 2. The lowest BCUT2D eigenvalue weighted by Crippen LogP contribution is -2.34. The molecule has 3 nitrogen and oxygen atoms in total. The van der Waals surface area contributed by atoms with Crippen LogP contribution in [-0.2, 0) is 11.2 Å². The van der Waals surface area contributed by atoms with Crippen molar-refractivity contribution in [2.75, 3.05) is 6.54 Å². The lowest BCUT2D eigenvalue weighted by molar-refractivity contribution is -0.122. The molecule has 2 saturated carbocycles. The van der Waals surface area contributed by atoms with Crippen molar-refractivity contribution in [2.45, 2.75) is 44.6 Å². The molecule has 4 atom stereocenters. The van der Waals surface area contributed by atoms with Gasteiger partial charge in [-0.15, -0.1) is 0 Å². The summed E-state index contributed by atoms with van der Waals surface area (Å²) in [5, 5.41) is 12.9. The first-order valence-electron chi connectivity index (χ1n) is 8.19. The predicted octanol–water partition coefficient (Wildman–Crippen LogP) is 2.53. The molecule has 2 bridgehead atoms. The molecule has 0 spiro atoms. The van der Waals surface area contributed by atoms with Crippen molar-refractivity contribution in [1.29, 1.82) is 0 Å².